The summed E-state index contributed by atoms with van der Waals surface area (Å²) in [6.07, 6.45) is 0. The molecule has 2 nitrogen and oxygen atoms in total. The standard InChI is InChI=1S/C15H11BrF3NO/c1-8(9-2-5-13(18)14(19)6-9)20-15(21)11-7-10(17)3-4-12(11)16/h2-8H,1H3,(H,20,21). The molecule has 110 valence electrons. The number of amides is 1. The first-order chi connectivity index (χ1) is 9.88. The Morgan fingerprint density at radius 2 is 1.81 bits per heavy atom. The molecule has 1 atom stereocenters. The number of halogens is 4. The smallest absolute Gasteiger partial charge is 0.253 e. The van der Waals surface area contributed by atoms with E-state index in [-0.39, 0.29) is 5.56 Å². The van der Waals surface area contributed by atoms with Crippen molar-refractivity contribution in [2.75, 3.05) is 0 Å². The van der Waals surface area contributed by atoms with Crippen LogP contribution in [0.25, 0.3) is 0 Å². The quantitative estimate of drug-likeness (QED) is 0.868. The summed E-state index contributed by atoms with van der Waals surface area (Å²) in [5.74, 6) is -2.99. The molecule has 21 heavy (non-hydrogen) atoms. The number of rotatable bonds is 3. The molecule has 0 aliphatic carbocycles. The van der Waals surface area contributed by atoms with Crippen LogP contribution in [0.15, 0.2) is 40.9 Å². The first-order valence-corrected chi connectivity index (χ1v) is 6.88. The van der Waals surface area contributed by atoms with Crippen molar-refractivity contribution in [3.05, 3.63) is 69.4 Å². The summed E-state index contributed by atoms with van der Waals surface area (Å²) in [6, 6.07) is 6.57. The molecular formula is C15H11BrF3NO. The van der Waals surface area contributed by atoms with Gasteiger partial charge in [0.1, 0.15) is 5.82 Å². The van der Waals surface area contributed by atoms with E-state index in [4.69, 9.17) is 0 Å². The Morgan fingerprint density at radius 3 is 2.48 bits per heavy atom. The molecule has 1 N–H and O–H groups in total. The topological polar surface area (TPSA) is 29.1 Å². The van der Waals surface area contributed by atoms with Crippen molar-refractivity contribution in [2.24, 2.45) is 0 Å². The molecule has 0 radical (unpaired) electrons. The maximum atomic E-state index is 13.2. The van der Waals surface area contributed by atoms with Gasteiger partial charge in [-0.25, -0.2) is 13.2 Å². The van der Waals surface area contributed by atoms with Gasteiger partial charge in [-0.1, -0.05) is 6.07 Å². The Hall–Kier alpha value is -1.82. The van der Waals surface area contributed by atoms with E-state index < -0.39 is 29.4 Å². The van der Waals surface area contributed by atoms with Gasteiger partial charge in [-0.15, -0.1) is 0 Å². The van der Waals surface area contributed by atoms with Gasteiger partial charge in [0.25, 0.3) is 5.91 Å². The summed E-state index contributed by atoms with van der Waals surface area (Å²) in [5, 5.41) is 2.60. The molecule has 0 heterocycles. The van der Waals surface area contributed by atoms with Crippen LogP contribution in [0.3, 0.4) is 0 Å². The van der Waals surface area contributed by atoms with Gasteiger partial charge < -0.3 is 5.32 Å². The van der Waals surface area contributed by atoms with Gasteiger partial charge in [-0.3, -0.25) is 4.79 Å². The molecule has 0 aromatic heterocycles. The van der Waals surface area contributed by atoms with Crippen molar-refractivity contribution in [3.8, 4) is 0 Å². The second-order valence-electron chi connectivity index (χ2n) is 4.49. The van der Waals surface area contributed by atoms with E-state index in [0.717, 1.165) is 18.2 Å². The molecule has 0 aliphatic heterocycles. The van der Waals surface area contributed by atoms with E-state index in [1.54, 1.807) is 6.92 Å². The van der Waals surface area contributed by atoms with Crippen LogP contribution in [-0.4, -0.2) is 5.91 Å². The lowest BCUT2D eigenvalue weighted by Crippen LogP contribution is -2.27. The highest BCUT2D eigenvalue weighted by Crippen LogP contribution is 2.20. The highest BCUT2D eigenvalue weighted by atomic mass is 79.9. The fraction of sp³-hybridized carbons (Fsp3) is 0.133. The van der Waals surface area contributed by atoms with Crippen molar-refractivity contribution in [3.63, 3.8) is 0 Å². The van der Waals surface area contributed by atoms with Crippen molar-refractivity contribution in [1.29, 1.82) is 0 Å². The van der Waals surface area contributed by atoms with Crippen LogP contribution in [0.5, 0.6) is 0 Å². The Labute approximate surface area is 128 Å². The van der Waals surface area contributed by atoms with Gasteiger partial charge in [0.2, 0.25) is 0 Å². The third kappa shape index (κ3) is 3.64. The third-order valence-corrected chi connectivity index (χ3v) is 3.66. The summed E-state index contributed by atoms with van der Waals surface area (Å²) in [4.78, 5) is 12.1. The average molecular weight is 358 g/mol. The van der Waals surface area contributed by atoms with Crippen molar-refractivity contribution >= 4 is 21.8 Å². The van der Waals surface area contributed by atoms with Crippen molar-refractivity contribution in [1.82, 2.24) is 5.32 Å². The number of carbonyl (C=O) groups is 1. The van der Waals surface area contributed by atoms with E-state index >= 15 is 0 Å². The van der Waals surface area contributed by atoms with Crippen molar-refractivity contribution in [2.45, 2.75) is 13.0 Å². The lowest BCUT2D eigenvalue weighted by molar-refractivity contribution is 0.0938. The average Bonchev–Trinajstić information content (AvgIpc) is 2.44. The molecular weight excluding hydrogens is 347 g/mol. The molecule has 6 heteroatoms. The highest BCUT2D eigenvalue weighted by Gasteiger charge is 2.16. The van der Waals surface area contributed by atoms with E-state index in [0.29, 0.717) is 10.0 Å². The van der Waals surface area contributed by atoms with E-state index in [9.17, 15) is 18.0 Å². The summed E-state index contributed by atoms with van der Waals surface area (Å²) in [5.41, 5.74) is 0.541. The lowest BCUT2D eigenvalue weighted by Gasteiger charge is -2.15. The van der Waals surface area contributed by atoms with Crippen LogP contribution in [0.2, 0.25) is 0 Å². The zero-order chi connectivity index (χ0) is 15.6. The minimum absolute atomic E-state index is 0.129. The Bertz CT molecular complexity index is 691. The predicted molar refractivity (Wildman–Crippen MR) is 76.3 cm³/mol. The van der Waals surface area contributed by atoms with Crippen molar-refractivity contribution < 1.29 is 18.0 Å². The molecule has 2 rings (SSSR count). The molecule has 1 unspecified atom stereocenters. The van der Waals surface area contributed by atoms with E-state index in [2.05, 4.69) is 21.2 Å². The summed E-state index contributed by atoms with van der Waals surface area (Å²) >= 11 is 3.16. The molecule has 1 amide bonds. The molecule has 0 aliphatic rings. The van der Waals surface area contributed by atoms with Gasteiger partial charge in [-0.05, 0) is 58.7 Å². The molecule has 0 fully saturated rings. The highest BCUT2D eigenvalue weighted by molar-refractivity contribution is 9.10. The monoisotopic (exact) mass is 357 g/mol. The predicted octanol–water partition coefficient (Wildman–Crippen LogP) is 4.36. The van der Waals surface area contributed by atoms with Gasteiger partial charge in [0.15, 0.2) is 11.6 Å². The fourth-order valence-corrected chi connectivity index (χ4v) is 2.24. The van der Waals surface area contributed by atoms with E-state index in [1.165, 1.54) is 18.2 Å². The van der Waals surface area contributed by atoms with Gasteiger partial charge in [-0.2, -0.15) is 0 Å². The van der Waals surface area contributed by atoms with Crippen LogP contribution >= 0.6 is 15.9 Å². The maximum absolute atomic E-state index is 13.2. The van der Waals surface area contributed by atoms with Crippen LogP contribution < -0.4 is 5.32 Å². The number of carbonyl (C=O) groups excluding carboxylic acids is 1. The largest absolute Gasteiger partial charge is 0.345 e. The number of nitrogens with one attached hydrogen (secondary N) is 1. The zero-order valence-electron chi connectivity index (χ0n) is 11.0. The first kappa shape index (κ1) is 15.6. The van der Waals surface area contributed by atoms with Gasteiger partial charge in [0.05, 0.1) is 11.6 Å². The molecule has 0 bridgehead atoms. The first-order valence-electron chi connectivity index (χ1n) is 6.09. The normalized spacial score (nSPS) is 12.0. The van der Waals surface area contributed by atoms with Gasteiger partial charge >= 0.3 is 0 Å². The molecule has 0 spiro atoms. The molecule has 2 aromatic rings. The van der Waals surface area contributed by atoms with Crippen LogP contribution in [-0.2, 0) is 0 Å². The Balaban J connectivity index is 2.18. The summed E-state index contributed by atoms with van der Waals surface area (Å²) < 4.78 is 39.7. The third-order valence-electron chi connectivity index (χ3n) is 2.96. The minimum Gasteiger partial charge on any atom is -0.345 e. The lowest BCUT2D eigenvalue weighted by atomic mass is 10.1. The minimum atomic E-state index is -0.986. The molecule has 0 saturated carbocycles. The number of hydrogen-bond donors (Lipinski definition) is 1. The fourth-order valence-electron chi connectivity index (χ4n) is 1.81. The molecule has 0 saturated heterocycles. The molecule has 2 aromatic carbocycles. The maximum Gasteiger partial charge on any atom is 0.253 e. The second-order valence-corrected chi connectivity index (χ2v) is 5.35. The number of benzene rings is 2. The summed E-state index contributed by atoms with van der Waals surface area (Å²) in [7, 11) is 0. The Kier molecular flexibility index (Phi) is 4.67. The zero-order valence-corrected chi connectivity index (χ0v) is 12.5. The number of hydrogen-bond acceptors (Lipinski definition) is 1. The summed E-state index contributed by atoms with van der Waals surface area (Å²) in [6.45, 7) is 1.62. The Morgan fingerprint density at radius 1 is 1.10 bits per heavy atom. The van der Waals surface area contributed by atoms with E-state index in [1.807, 2.05) is 0 Å². The van der Waals surface area contributed by atoms with Gasteiger partial charge in [0, 0.05) is 4.47 Å². The van der Waals surface area contributed by atoms with Crippen LogP contribution in [0.4, 0.5) is 13.2 Å². The van der Waals surface area contributed by atoms with Crippen LogP contribution in [0, 0.1) is 17.5 Å². The SMILES string of the molecule is CC(NC(=O)c1cc(F)ccc1Br)c1ccc(F)c(F)c1. The van der Waals surface area contributed by atoms with Crippen LogP contribution in [0.1, 0.15) is 28.9 Å². The second kappa shape index (κ2) is 6.30.